The molecule has 0 radical (unpaired) electrons. The van der Waals surface area contributed by atoms with Crippen LogP contribution in [0.3, 0.4) is 0 Å². The van der Waals surface area contributed by atoms with Gasteiger partial charge in [0.05, 0.1) is 21.8 Å². The number of carbonyl (C=O) groups is 3. The SMILES string of the molecule is NC(=O)c1ccccc1NC(=O)C1CCN(C(=O)c2ccccc2Cl)CC1. The Hall–Kier alpha value is -2.86. The molecule has 1 aliphatic rings. The number of amides is 3. The molecule has 0 atom stereocenters. The van der Waals surface area contributed by atoms with E-state index in [2.05, 4.69) is 5.32 Å². The fraction of sp³-hybridized carbons (Fsp3) is 0.250. The fourth-order valence-electron chi connectivity index (χ4n) is 3.19. The van der Waals surface area contributed by atoms with E-state index in [9.17, 15) is 14.4 Å². The largest absolute Gasteiger partial charge is 0.366 e. The van der Waals surface area contributed by atoms with Crippen molar-refractivity contribution in [1.82, 2.24) is 4.90 Å². The number of para-hydroxylation sites is 1. The van der Waals surface area contributed by atoms with Gasteiger partial charge in [-0.2, -0.15) is 0 Å². The molecule has 3 amide bonds. The Kier molecular flexibility index (Phi) is 5.76. The lowest BCUT2D eigenvalue weighted by Gasteiger charge is -2.31. The summed E-state index contributed by atoms with van der Waals surface area (Å²) < 4.78 is 0. The molecule has 1 saturated heterocycles. The van der Waals surface area contributed by atoms with Crippen molar-refractivity contribution >= 4 is 35.0 Å². The number of piperidine rings is 1. The third-order valence-electron chi connectivity index (χ3n) is 4.71. The van der Waals surface area contributed by atoms with Crippen molar-refractivity contribution < 1.29 is 14.4 Å². The van der Waals surface area contributed by atoms with Gasteiger partial charge in [-0.25, -0.2) is 0 Å². The molecule has 1 fully saturated rings. The maximum Gasteiger partial charge on any atom is 0.255 e. The first kappa shape index (κ1) is 18.9. The molecule has 0 aromatic heterocycles. The molecule has 7 heteroatoms. The van der Waals surface area contributed by atoms with Gasteiger partial charge in [-0.3, -0.25) is 14.4 Å². The van der Waals surface area contributed by atoms with E-state index >= 15 is 0 Å². The second-order valence-corrected chi connectivity index (χ2v) is 6.85. The smallest absolute Gasteiger partial charge is 0.255 e. The maximum absolute atomic E-state index is 12.6. The summed E-state index contributed by atoms with van der Waals surface area (Å²) in [6, 6.07) is 13.6. The van der Waals surface area contributed by atoms with Crippen molar-refractivity contribution in [1.29, 1.82) is 0 Å². The number of rotatable bonds is 4. The predicted molar refractivity (Wildman–Crippen MR) is 104 cm³/mol. The summed E-state index contributed by atoms with van der Waals surface area (Å²) in [5, 5.41) is 3.20. The number of anilines is 1. The van der Waals surface area contributed by atoms with Crippen LogP contribution in [0.2, 0.25) is 5.02 Å². The molecule has 27 heavy (non-hydrogen) atoms. The number of nitrogens with one attached hydrogen (secondary N) is 1. The van der Waals surface area contributed by atoms with Crippen LogP contribution < -0.4 is 11.1 Å². The first-order chi connectivity index (χ1) is 13.0. The summed E-state index contributed by atoms with van der Waals surface area (Å²) in [7, 11) is 0. The minimum absolute atomic E-state index is 0.126. The van der Waals surface area contributed by atoms with Gasteiger partial charge >= 0.3 is 0 Å². The number of hydrogen-bond donors (Lipinski definition) is 2. The van der Waals surface area contributed by atoms with Crippen LogP contribution >= 0.6 is 11.6 Å². The maximum atomic E-state index is 12.6. The average molecular weight is 386 g/mol. The first-order valence-electron chi connectivity index (χ1n) is 8.71. The summed E-state index contributed by atoms with van der Waals surface area (Å²) >= 11 is 6.10. The Balaban J connectivity index is 1.61. The van der Waals surface area contributed by atoms with Crippen LogP contribution in [-0.4, -0.2) is 35.7 Å². The quantitative estimate of drug-likeness (QED) is 0.847. The summed E-state index contributed by atoms with van der Waals surface area (Å²) in [5.41, 5.74) is 6.49. The van der Waals surface area contributed by atoms with Crippen LogP contribution in [0.5, 0.6) is 0 Å². The van der Waals surface area contributed by atoms with Crippen LogP contribution in [0.1, 0.15) is 33.6 Å². The molecule has 0 saturated carbocycles. The highest BCUT2D eigenvalue weighted by Crippen LogP contribution is 2.24. The van der Waals surface area contributed by atoms with Gasteiger partial charge in [-0.1, -0.05) is 35.9 Å². The van der Waals surface area contributed by atoms with Crippen molar-refractivity contribution in [2.24, 2.45) is 11.7 Å². The van der Waals surface area contributed by atoms with E-state index in [1.165, 1.54) is 0 Å². The first-order valence-corrected chi connectivity index (χ1v) is 9.08. The van der Waals surface area contributed by atoms with Crippen molar-refractivity contribution in [3.05, 3.63) is 64.7 Å². The summed E-state index contributed by atoms with van der Waals surface area (Å²) in [5.74, 6) is -1.13. The number of nitrogens with zero attached hydrogens (tertiary/aromatic N) is 1. The molecule has 0 bridgehead atoms. The number of hydrogen-bond acceptors (Lipinski definition) is 3. The summed E-state index contributed by atoms with van der Waals surface area (Å²) in [6.45, 7) is 0.944. The van der Waals surface area contributed by atoms with Crippen molar-refractivity contribution in [3.63, 3.8) is 0 Å². The lowest BCUT2D eigenvalue weighted by Crippen LogP contribution is -2.41. The molecule has 1 heterocycles. The van der Waals surface area contributed by atoms with Gasteiger partial charge in [0.2, 0.25) is 5.91 Å². The van der Waals surface area contributed by atoms with Gasteiger partial charge in [0, 0.05) is 19.0 Å². The Morgan fingerprint density at radius 2 is 1.56 bits per heavy atom. The zero-order valence-corrected chi connectivity index (χ0v) is 15.4. The molecule has 6 nitrogen and oxygen atoms in total. The average Bonchev–Trinajstić information content (AvgIpc) is 2.68. The van der Waals surface area contributed by atoms with Crippen LogP contribution in [0.15, 0.2) is 48.5 Å². The second-order valence-electron chi connectivity index (χ2n) is 6.45. The Bertz CT molecular complexity index is 876. The van der Waals surface area contributed by atoms with E-state index < -0.39 is 5.91 Å². The molecule has 0 unspecified atom stereocenters. The van der Waals surface area contributed by atoms with Crippen molar-refractivity contribution in [3.8, 4) is 0 Å². The lowest BCUT2D eigenvalue weighted by atomic mass is 9.95. The van der Waals surface area contributed by atoms with Gasteiger partial charge in [-0.15, -0.1) is 0 Å². The Labute approximate surface area is 162 Å². The van der Waals surface area contributed by atoms with E-state index in [1.54, 1.807) is 53.4 Å². The number of halogens is 1. The standard InChI is InChI=1S/C20H20ClN3O3/c21-16-7-3-1-5-14(16)20(27)24-11-9-13(10-12-24)19(26)23-17-8-4-2-6-15(17)18(22)25/h1-8,13H,9-12H2,(H2,22,25)(H,23,26). The molecule has 3 N–H and O–H groups in total. The monoisotopic (exact) mass is 385 g/mol. The minimum Gasteiger partial charge on any atom is -0.366 e. The molecule has 0 spiro atoms. The second kappa shape index (κ2) is 8.22. The minimum atomic E-state index is -0.592. The van der Waals surface area contributed by atoms with E-state index in [4.69, 9.17) is 17.3 Å². The normalized spacial score (nSPS) is 14.6. The number of primary amides is 1. The molecule has 2 aromatic carbocycles. The summed E-state index contributed by atoms with van der Waals surface area (Å²) in [4.78, 5) is 38.3. The van der Waals surface area contributed by atoms with Crippen LogP contribution in [0, 0.1) is 5.92 Å². The van der Waals surface area contributed by atoms with E-state index in [1.807, 2.05) is 0 Å². The molecular weight excluding hydrogens is 366 g/mol. The number of likely N-dealkylation sites (tertiary alicyclic amines) is 1. The molecule has 140 valence electrons. The Morgan fingerprint density at radius 3 is 2.19 bits per heavy atom. The van der Waals surface area contributed by atoms with Crippen molar-refractivity contribution in [2.75, 3.05) is 18.4 Å². The van der Waals surface area contributed by atoms with Gasteiger partial charge < -0.3 is 16.0 Å². The van der Waals surface area contributed by atoms with E-state index in [-0.39, 0.29) is 23.3 Å². The third kappa shape index (κ3) is 4.28. The van der Waals surface area contributed by atoms with Gasteiger partial charge in [-0.05, 0) is 37.1 Å². The molecule has 2 aromatic rings. The molecule has 0 aliphatic carbocycles. The molecule has 3 rings (SSSR count). The highest BCUT2D eigenvalue weighted by Gasteiger charge is 2.29. The van der Waals surface area contributed by atoms with Gasteiger partial charge in [0.1, 0.15) is 0 Å². The molecule has 1 aliphatic heterocycles. The van der Waals surface area contributed by atoms with Gasteiger partial charge in [0.15, 0.2) is 0 Å². The van der Waals surface area contributed by atoms with Gasteiger partial charge in [0.25, 0.3) is 11.8 Å². The molecular formula is C20H20ClN3O3. The number of benzene rings is 2. The van der Waals surface area contributed by atoms with E-state index in [0.29, 0.717) is 42.2 Å². The Morgan fingerprint density at radius 1 is 0.963 bits per heavy atom. The predicted octanol–water partition coefficient (Wildman–Crippen LogP) is 2.93. The van der Waals surface area contributed by atoms with Crippen LogP contribution in [0.25, 0.3) is 0 Å². The zero-order chi connectivity index (χ0) is 19.4. The highest BCUT2D eigenvalue weighted by atomic mass is 35.5. The third-order valence-corrected chi connectivity index (χ3v) is 5.04. The fourth-order valence-corrected chi connectivity index (χ4v) is 3.41. The van der Waals surface area contributed by atoms with Crippen LogP contribution in [0.4, 0.5) is 5.69 Å². The van der Waals surface area contributed by atoms with Crippen molar-refractivity contribution in [2.45, 2.75) is 12.8 Å². The highest BCUT2D eigenvalue weighted by molar-refractivity contribution is 6.33. The summed E-state index contributed by atoms with van der Waals surface area (Å²) in [6.07, 6.45) is 1.08. The topological polar surface area (TPSA) is 92.5 Å². The van der Waals surface area contributed by atoms with Crippen LogP contribution in [-0.2, 0) is 4.79 Å². The number of carbonyl (C=O) groups excluding carboxylic acids is 3. The number of nitrogens with two attached hydrogens (primary N) is 1. The zero-order valence-electron chi connectivity index (χ0n) is 14.7. The lowest BCUT2D eigenvalue weighted by molar-refractivity contribution is -0.121. The van der Waals surface area contributed by atoms with E-state index in [0.717, 1.165) is 0 Å².